The molecule has 1 aliphatic rings. The fourth-order valence-electron chi connectivity index (χ4n) is 3.67. The summed E-state index contributed by atoms with van der Waals surface area (Å²) in [5.74, 6) is -0.188. The van der Waals surface area contributed by atoms with Gasteiger partial charge in [0, 0.05) is 31.9 Å². The van der Waals surface area contributed by atoms with Crippen molar-refractivity contribution in [2.24, 2.45) is 0 Å². The van der Waals surface area contributed by atoms with Crippen molar-refractivity contribution in [3.8, 4) is 5.69 Å². The number of rotatable bonds is 5. The quantitative estimate of drug-likeness (QED) is 0.665. The van der Waals surface area contributed by atoms with Crippen molar-refractivity contribution >= 4 is 29.1 Å². The van der Waals surface area contributed by atoms with Gasteiger partial charge in [0.25, 0.3) is 5.91 Å². The van der Waals surface area contributed by atoms with Crippen molar-refractivity contribution in [3.05, 3.63) is 77.1 Å². The number of anilines is 1. The molecule has 0 bridgehead atoms. The number of aryl methyl sites for hydroxylation is 1. The van der Waals surface area contributed by atoms with Gasteiger partial charge in [0.1, 0.15) is 5.15 Å². The molecular formula is C23H24ClN5O2. The van der Waals surface area contributed by atoms with Crippen molar-refractivity contribution in [3.63, 3.8) is 0 Å². The van der Waals surface area contributed by atoms with Gasteiger partial charge in [0.2, 0.25) is 5.91 Å². The van der Waals surface area contributed by atoms with E-state index >= 15 is 0 Å². The summed E-state index contributed by atoms with van der Waals surface area (Å²) in [5.41, 5.74) is 2.62. The summed E-state index contributed by atoms with van der Waals surface area (Å²) in [5, 5.41) is 7.68. The number of nitrogens with zero attached hydrogens (tertiary/aromatic N) is 4. The van der Waals surface area contributed by atoms with Crippen LogP contribution in [0.4, 0.5) is 5.69 Å². The number of aromatic nitrogens is 2. The van der Waals surface area contributed by atoms with E-state index in [9.17, 15) is 9.59 Å². The van der Waals surface area contributed by atoms with Crippen LogP contribution in [-0.4, -0.2) is 64.1 Å². The number of carbonyl (C=O) groups is 2. The van der Waals surface area contributed by atoms with E-state index in [1.165, 1.54) is 0 Å². The second-order valence-corrected chi connectivity index (χ2v) is 7.84. The van der Waals surface area contributed by atoms with Crippen LogP contribution in [0.5, 0.6) is 0 Å². The molecule has 1 aromatic heterocycles. The average molecular weight is 438 g/mol. The second-order valence-electron chi connectivity index (χ2n) is 7.48. The van der Waals surface area contributed by atoms with Gasteiger partial charge in [-0.1, -0.05) is 48.0 Å². The lowest BCUT2D eigenvalue weighted by atomic mass is 10.2. The van der Waals surface area contributed by atoms with Crippen molar-refractivity contribution in [2.45, 2.75) is 6.92 Å². The highest BCUT2D eigenvalue weighted by molar-refractivity contribution is 6.33. The average Bonchev–Trinajstić information content (AvgIpc) is 3.09. The minimum atomic E-state index is -0.127. The Morgan fingerprint density at radius 1 is 0.968 bits per heavy atom. The molecule has 1 fully saturated rings. The van der Waals surface area contributed by atoms with Gasteiger partial charge in [-0.05, 0) is 31.2 Å². The van der Waals surface area contributed by atoms with E-state index in [0.29, 0.717) is 49.1 Å². The largest absolute Gasteiger partial charge is 0.336 e. The molecule has 8 heteroatoms. The van der Waals surface area contributed by atoms with Gasteiger partial charge in [-0.2, -0.15) is 5.10 Å². The molecule has 0 spiro atoms. The fraction of sp³-hybridized carbons (Fsp3) is 0.261. The molecule has 4 rings (SSSR count). The van der Waals surface area contributed by atoms with Crippen LogP contribution in [0.2, 0.25) is 5.15 Å². The normalized spacial score (nSPS) is 14.5. The van der Waals surface area contributed by atoms with Gasteiger partial charge >= 0.3 is 0 Å². The molecule has 7 nitrogen and oxygen atoms in total. The van der Waals surface area contributed by atoms with Gasteiger partial charge in [0.05, 0.1) is 23.5 Å². The smallest absolute Gasteiger partial charge is 0.258 e. The molecule has 31 heavy (non-hydrogen) atoms. The van der Waals surface area contributed by atoms with Gasteiger partial charge in [-0.15, -0.1) is 0 Å². The summed E-state index contributed by atoms with van der Waals surface area (Å²) in [4.78, 5) is 29.2. The molecular weight excluding hydrogens is 414 g/mol. The van der Waals surface area contributed by atoms with E-state index in [0.717, 1.165) is 11.4 Å². The predicted molar refractivity (Wildman–Crippen MR) is 121 cm³/mol. The van der Waals surface area contributed by atoms with Crippen molar-refractivity contribution in [1.29, 1.82) is 0 Å². The number of para-hydroxylation sites is 2. The van der Waals surface area contributed by atoms with E-state index in [1.807, 2.05) is 65.6 Å². The lowest BCUT2D eigenvalue weighted by Crippen LogP contribution is -2.50. The zero-order chi connectivity index (χ0) is 21.8. The van der Waals surface area contributed by atoms with Crippen LogP contribution in [0.25, 0.3) is 5.69 Å². The van der Waals surface area contributed by atoms with E-state index in [2.05, 4.69) is 10.4 Å². The molecule has 2 amide bonds. The lowest BCUT2D eigenvalue weighted by molar-refractivity contribution is -0.117. The van der Waals surface area contributed by atoms with Crippen molar-refractivity contribution < 1.29 is 9.59 Å². The van der Waals surface area contributed by atoms with Crippen LogP contribution in [0.1, 0.15) is 16.1 Å². The van der Waals surface area contributed by atoms with Crippen LogP contribution in [0.15, 0.2) is 60.7 Å². The van der Waals surface area contributed by atoms with Crippen LogP contribution < -0.4 is 5.32 Å². The Balaban J connectivity index is 1.36. The van der Waals surface area contributed by atoms with E-state index in [1.54, 1.807) is 16.5 Å². The van der Waals surface area contributed by atoms with Crippen LogP contribution >= 0.6 is 11.6 Å². The molecule has 160 valence electrons. The minimum Gasteiger partial charge on any atom is -0.336 e. The maximum absolute atomic E-state index is 13.1. The maximum Gasteiger partial charge on any atom is 0.258 e. The molecule has 0 aliphatic carbocycles. The Kier molecular flexibility index (Phi) is 6.34. The van der Waals surface area contributed by atoms with Gasteiger partial charge in [-0.3, -0.25) is 14.5 Å². The summed E-state index contributed by atoms with van der Waals surface area (Å²) < 4.78 is 1.59. The summed E-state index contributed by atoms with van der Waals surface area (Å²) in [6.45, 7) is 4.40. The Morgan fingerprint density at radius 2 is 1.58 bits per heavy atom. The third-order valence-corrected chi connectivity index (χ3v) is 5.65. The first-order valence-electron chi connectivity index (χ1n) is 10.2. The molecule has 2 aromatic carbocycles. The molecule has 0 saturated carbocycles. The topological polar surface area (TPSA) is 70.5 Å². The standard InChI is InChI=1S/C23H24ClN5O2/c1-17-21(22(24)29(26-17)19-10-6-3-7-11-19)23(31)28-14-12-27(13-15-28)16-20(30)25-18-8-4-2-5-9-18/h2-11H,12-16H2,1H3,(H,25,30). The van der Waals surface area contributed by atoms with Crippen LogP contribution in [0, 0.1) is 6.92 Å². The maximum atomic E-state index is 13.1. The van der Waals surface area contributed by atoms with Gasteiger partial charge in [0.15, 0.2) is 0 Å². The van der Waals surface area contributed by atoms with Crippen LogP contribution in [-0.2, 0) is 4.79 Å². The summed E-state index contributed by atoms with van der Waals surface area (Å²) in [6, 6.07) is 18.9. The predicted octanol–water partition coefficient (Wildman–Crippen LogP) is 3.23. The highest BCUT2D eigenvalue weighted by Crippen LogP contribution is 2.25. The SMILES string of the molecule is Cc1nn(-c2ccccc2)c(Cl)c1C(=O)N1CCN(CC(=O)Nc2ccccc2)CC1. The van der Waals surface area contributed by atoms with E-state index in [4.69, 9.17) is 11.6 Å². The molecule has 1 saturated heterocycles. The van der Waals surface area contributed by atoms with E-state index in [-0.39, 0.29) is 11.8 Å². The van der Waals surface area contributed by atoms with Gasteiger partial charge in [-0.25, -0.2) is 4.68 Å². The third-order valence-electron chi connectivity index (χ3n) is 5.30. The summed E-state index contributed by atoms with van der Waals surface area (Å²) in [6.07, 6.45) is 0. The number of halogens is 1. The van der Waals surface area contributed by atoms with Crippen molar-refractivity contribution in [2.75, 3.05) is 38.0 Å². The zero-order valence-corrected chi connectivity index (χ0v) is 18.0. The van der Waals surface area contributed by atoms with Gasteiger partial charge < -0.3 is 10.2 Å². The molecule has 0 radical (unpaired) electrons. The first kappa shape index (κ1) is 21.1. The molecule has 0 atom stereocenters. The number of carbonyl (C=O) groups excluding carboxylic acids is 2. The Hall–Kier alpha value is -3.16. The van der Waals surface area contributed by atoms with Crippen molar-refractivity contribution in [1.82, 2.24) is 19.6 Å². The monoisotopic (exact) mass is 437 g/mol. The third kappa shape index (κ3) is 4.78. The van der Waals surface area contributed by atoms with Crippen LogP contribution in [0.3, 0.4) is 0 Å². The summed E-state index contributed by atoms with van der Waals surface area (Å²) >= 11 is 6.54. The van der Waals surface area contributed by atoms with E-state index < -0.39 is 0 Å². The second kappa shape index (κ2) is 9.32. The fourth-order valence-corrected chi connectivity index (χ4v) is 4.03. The first-order valence-corrected chi connectivity index (χ1v) is 10.6. The number of benzene rings is 2. The Bertz CT molecular complexity index is 1060. The summed E-state index contributed by atoms with van der Waals surface area (Å²) in [7, 11) is 0. The highest BCUT2D eigenvalue weighted by atomic mass is 35.5. The molecule has 2 heterocycles. The molecule has 1 N–H and O–H groups in total. The highest BCUT2D eigenvalue weighted by Gasteiger charge is 2.28. The Labute approximate surface area is 186 Å². The molecule has 1 aliphatic heterocycles. The molecule has 3 aromatic rings. The first-order chi connectivity index (χ1) is 15.0. The zero-order valence-electron chi connectivity index (χ0n) is 17.3. The number of hydrogen-bond donors (Lipinski definition) is 1. The minimum absolute atomic E-state index is 0.0611. The number of nitrogens with one attached hydrogen (secondary N) is 1. The number of piperazine rings is 1. The molecule has 0 unspecified atom stereocenters. The Morgan fingerprint density at radius 3 is 2.23 bits per heavy atom. The number of hydrogen-bond acceptors (Lipinski definition) is 4. The number of amides is 2. The lowest BCUT2D eigenvalue weighted by Gasteiger charge is -2.34.